The molecule has 0 saturated heterocycles. The number of fused-ring (bicyclic) bond motifs is 1. The monoisotopic (exact) mass is 442 g/mol. The molecule has 0 spiro atoms. The van der Waals surface area contributed by atoms with Crippen molar-refractivity contribution in [2.45, 2.75) is 31.6 Å². The van der Waals surface area contributed by atoms with E-state index in [4.69, 9.17) is 0 Å². The normalized spacial score (nSPS) is 13.0. The molecule has 0 saturated carbocycles. The van der Waals surface area contributed by atoms with Crippen LogP contribution in [0.1, 0.15) is 35.7 Å². The summed E-state index contributed by atoms with van der Waals surface area (Å²) in [5, 5.41) is 26.5. The number of nitrogens with one attached hydrogen (secondary N) is 2. The van der Waals surface area contributed by atoms with Gasteiger partial charge in [-0.15, -0.1) is 0 Å². The Morgan fingerprint density at radius 1 is 1.03 bits per heavy atom. The van der Waals surface area contributed by atoms with E-state index >= 15 is 0 Å². The molecule has 0 aromatic heterocycles. The predicted octanol–water partition coefficient (Wildman–Crippen LogP) is 3.98. The first-order chi connectivity index (χ1) is 14.9. The van der Waals surface area contributed by atoms with Gasteiger partial charge in [-0.25, -0.2) is 4.21 Å². The molecule has 3 aromatic carbocycles. The predicted molar refractivity (Wildman–Crippen MR) is 123 cm³/mol. The van der Waals surface area contributed by atoms with Crippen LogP contribution in [0.4, 0.5) is 5.69 Å². The Morgan fingerprint density at radius 2 is 1.77 bits per heavy atom. The molecular weight excluding hydrogens is 416 g/mol. The van der Waals surface area contributed by atoms with Gasteiger partial charge in [0, 0.05) is 12.2 Å². The quantitative estimate of drug-likeness (QED) is 0.320. The van der Waals surface area contributed by atoms with Gasteiger partial charge in [-0.1, -0.05) is 31.5 Å². The highest BCUT2D eigenvalue weighted by Crippen LogP contribution is 2.27. The number of hydrogen-bond donors (Lipinski definition) is 5. The second-order valence-electron chi connectivity index (χ2n) is 7.30. The van der Waals surface area contributed by atoms with Crippen LogP contribution in [0.15, 0.2) is 54.6 Å². The highest BCUT2D eigenvalue weighted by atomic mass is 32.2. The van der Waals surface area contributed by atoms with E-state index in [1.165, 1.54) is 12.1 Å². The van der Waals surface area contributed by atoms with E-state index in [0.717, 1.165) is 23.1 Å². The molecule has 3 rings (SSSR count). The number of aromatic hydroxyl groups is 2. The molecule has 2 unspecified atom stereocenters. The maximum absolute atomic E-state index is 12.5. The van der Waals surface area contributed by atoms with E-state index in [1.54, 1.807) is 18.2 Å². The van der Waals surface area contributed by atoms with Crippen molar-refractivity contribution in [1.29, 1.82) is 0 Å². The first-order valence-corrected chi connectivity index (χ1v) is 11.2. The van der Waals surface area contributed by atoms with Gasteiger partial charge in [0.05, 0.1) is 5.56 Å². The van der Waals surface area contributed by atoms with Gasteiger partial charge in [-0.2, -0.15) is 0 Å². The fraction of sp³-hybridized carbons (Fsp3) is 0.261. The second-order valence-corrected chi connectivity index (χ2v) is 8.42. The van der Waals surface area contributed by atoms with E-state index in [-0.39, 0.29) is 17.1 Å². The van der Waals surface area contributed by atoms with Gasteiger partial charge in [0.2, 0.25) is 0 Å². The fourth-order valence-electron chi connectivity index (χ4n) is 3.31. The summed E-state index contributed by atoms with van der Waals surface area (Å²) in [5.74, 6) is -0.420. The standard InChI is InChI=1S/C23H26N2O5S/c1-2-3-22(31(29)30)25-18-7-4-15(5-8-18)10-11-24-23(28)20-13-17-12-19(26)9-6-16(17)14-21(20)27/h4-9,12-14,22,25-27H,2-3,10-11H2,1H3,(H,24,28)(H,29,30). The smallest absolute Gasteiger partial charge is 0.255 e. The topological polar surface area (TPSA) is 119 Å². The molecule has 7 nitrogen and oxygen atoms in total. The highest BCUT2D eigenvalue weighted by molar-refractivity contribution is 7.80. The molecule has 0 bridgehead atoms. The van der Waals surface area contributed by atoms with Gasteiger partial charge in [0.15, 0.2) is 11.1 Å². The van der Waals surface area contributed by atoms with Gasteiger partial charge < -0.3 is 25.4 Å². The van der Waals surface area contributed by atoms with Crippen molar-refractivity contribution in [3.8, 4) is 11.5 Å². The molecule has 3 aromatic rings. The van der Waals surface area contributed by atoms with E-state index in [0.29, 0.717) is 24.8 Å². The minimum Gasteiger partial charge on any atom is -0.508 e. The Labute approximate surface area is 183 Å². The summed E-state index contributed by atoms with van der Waals surface area (Å²) in [7, 11) is 0. The Morgan fingerprint density at radius 3 is 2.45 bits per heavy atom. The molecule has 0 fully saturated rings. The molecule has 8 heteroatoms. The van der Waals surface area contributed by atoms with Crippen molar-refractivity contribution < 1.29 is 23.8 Å². The minimum absolute atomic E-state index is 0.0914. The largest absolute Gasteiger partial charge is 0.508 e. The van der Waals surface area contributed by atoms with Crippen molar-refractivity contribution in [1.82, 2.24) is 5.32 Å². The van der Waals surface area contributed by atoms with Gasteiger partial charge in [-0.05, 0) is 65.6 Å². The zero-order valence-electron chi connectivity index (χ0n) is 17.2. The number of carbonyl (C=O) groups excluding carboxylic acids is 1. The summed E-state index contributed by atoms with van der Waals surface area (Å²) < 4.78 is 20.7. The third-order valence-electron chi connectivity index (χ3n) is 4.96. The number of carbonyl (C=O) groups is 1. The van der Waals surface area contributed by atoms with Crippen LogP contribution in [-0.4, -0.2) is 36.8 Å². The van der Waals surface area contributed by atoms with Crippen molar-refractivity contribution in [3.63, 3.8) is 0 Å². The summed E-state index contributed by atoms with van der Waals surface area (Å²) in [4.78, 5) is 12.5. The van der Waals surface area contributed by atoms with Crippen LogP contribution >= 0.6 is 0 Å². The zero-order valence-corrected chi connectivity index (χ0v) is 18.0. The van der Waals surface area contributed by atoms with Gasteiger partial charge in [0.1, 0.15) is 16.9 Å². The molecule has 0 aliphatic heterocycles. The van der Waals surface area contributed by atoms with Crippen LogP contribution < -0.4 is 10.6 Å². The highest BCUT2D eigenvalue weighted by Gasteiger charge is 2.14. The molecule has 31 heavy (non-hydrogen) atoms. The molecule has 1 amide bonds. The van der Waals surface area contributed by atoms with E-state index in [1.807, 2.05) is 31.2 Å². The Bertz CT molecular complexity index is 1090. The molecule has 0 aliphatic carbocycles. The van der Waals surface area contributed by atoms with Gasteiger partial charge >= 0.3 is 0 Å². The summed E-state index contributed by atoms with van der Waals surface area (Å²) >= 11 is -1.94. The number of anilines is 1. The summed E-state index contributed by atoms with van der Waals surface area (Å²) in [6.45, 7) is 2.34. The lowest BCUT2D eigenvalue weighted by molar-refractivity contribution is 0.0951. The summed E-state index contributed by atoms with van der Waals surface area (Å²) in [5.41, 5.74) is 1.91. The van der Waals surface area contributed by atoms with E-state index < -0.39 is 22.4 Å². The third-order valence-corrected chi connectivity index (χ3v) is 5.80. The summed E-state index contributed by atoms with van der Waals surface area (Å²) in [6, 6.07) is 15.3. The number of phenolic OH excluding ortho intramolecular Hbond substituents is 2. The third kappa shape index (κ3) is 5.96. The summed E-state index contributed by atoms with van der Waals surface area (Å²) in [6.07, 6.45) is 1.99. The molecule has 0 heterocycles. The average molecular weight is 443 g/mol. The molecule has 164 valence electrons. The van der Waals surface area contributed by atoms with Crippen molar-refractivity contribution in [3.05, 3.63) is 65.7 Å². The van der Waals surface area contributed by atoms with Crippen LogP contribution in [0, 0.1) is 0 Å². The first-order valence-electron chi connectivity index (χ1n) is 10.1. The Kier molecular flexibility index (Phi) is 7.49. The molecular formula is C23H26N2O5S. The van der Waals surface area contributed by atoms with E-state index in [9.17, 15) is 23.8 Å². The SMILES string of the molecule is CCCC(Nc1ccc(CCNC(=O)c2cc3cc(O)ccc3cc2O)cc1)S(=O)O. The second kappa shape index (κ2) is 10.3. The van der Waals surface area contributed by atoms with Crippen LogP contribution in [0.3, 0.4) is 0 Å². The van der Waals surface area contributed by atoms with Crippen LogP contribution in [0.5, 0.6) is 11.5 Å². The lowest BCUT2D eigenvalue weighted by Crippen LogP contribution is -2.26. The lowest BCUT2D eigenvalue weighted by atomic mass is 10.0. The average Bonchev–Trinajstić information content (AvgIpc) is 2.74. The minimum atomic E-state index is -1.94. The number of hydrogen-bond acceptors (Lipinski definition) is 5. The number of phenols is 2. The van der Waals surface area contributed by atoms with Crippen molar-refractivity contribution in [2.75, 3.05) is 11.9 Å². The maximum atomic E-state index is 12.5. The van der Waals surface area contributed by atoms with E-state index in [2.05, 4.69) is 10.6 Å². The maximum Gasteiger partial charge on any atom is 0.255 e. The number of benzene rings is 3. The molecule has 0 radical (unpaired) electrons. The Hall–Kier alpha value is -3.10. The van der Waals surface area contributed by atoms with Crippen molar-refractivity contribution >= 4 is 33.4 Å². The lowest BCUT2D eigenvalue weighted by Gasteiger charge is -2.15. The van der Waals surface area contributed by atoms with Crippen LogP contribution in [-0.2, 0) is 17.5 Å². The van der Waals surface area contributed by atoms with Crippen LogP contribution in [0.2, 0.25) is 0 Å². The van der Waals surface area contributed by atoms with Crippen molar-refractivity contribution in [2.24, 2.45) is 0 Å². The first kappa shape index (κ1) is 22.6. The molecule has 2 atom stereocenters. The van der Waals surface area contributed by atoms with Gasteiger partial charge in [-0.3, -0.25) is 4.79 Å². The number of amides is 1. The fourth-order valence-corrected chi connectivity index (χ4v) is 3.98. The van der Waals surface area contributed by atoms with Gasteiger partial charge in [0.25, 0.3) is 5.91 Å². The van der Waals surface area contributed by atoms with Crippen LogP contribution in [0.25, 0.3) is 10.8 Å². The molecule has 0 aliphatic rings. The Balaban J connectivity index is 1.57. The number of rotatable bonds is 9. The molecule has 5 N–H and O–H groups in total. The zero-order chi connectivity index (χ0) is 22.4.